The van der Waals surface area contributed by atoms with Crippen molar-refractivity contribution in [2.75, 3.05) is 45.3 Å². The van der Waals surface area contributed by atoms with E-state index in [-0.39, 0.29) is 6.09 Å². The maximum Gasteiger partial charge on any atom is 0.410 e. The highest BCUT2D eigenvalue weighted by atomic mass is 16.6. The van der Waals surface area contributed by atoms with E-state index < -0.39 is 5.60 Å². The number of aromatic nitrogens is 2. The van der Waals surface area contributed by atoms with Crippen molar-refractivity contribution >= 4 is 12.1 Å². The number of amides is 1. The maximum atomic E-state index is 12.2. The predicted octanol–water partition coefficient (Wildman–Crippen LogP) is 2.81. The van der Waals surface area contributed by atoms with Crippen LogP contribution in [0.2, 0.25) is 0 Å². The second kappa shape index (κ2) is 7.95. The van der Waals surface area contributed by atoms with E-state index in [1.165, 1.54) is 0 Å². The van der Waals surface area contributed by atoms with Gasteiger partial charge in [0.1, 0.15) is 5.60 Å². The highest BCUT2D eigenvalue weighted by molar-refractivity contribution is 5.68. The zero-order valence-corrected chi connectivity index (χ0v) is 16.9. The molecule has 2 aromatic rings. The van der Waals surface area contributed by atoms with Crippen molar-refractivity contribution in [1.82, 2.24) is 15.0 Å². The Labute approximate surface area is 164 Å². The summed E-state index contributed by atoms with van der Waals surface area (Å²) < 4.78 is 21.4. The monoisotopic (exact) mass is 390 g/mol. The second-order valence-corrected chi connectivity index (χ2v) is 7.42. The average Bonchev–Trinajstić information content (AvgIpc) is 3.16. The molecular weight excluding hydrogens is 364 g/mol. The molecule has 9 nitrogen and oxygen atoms in total. The van der Waals surface area contributed by atoms with E-state index in [2.05, 4.69) is 10.1 Å². The fraction of sp³-hybridized carbons (Fsp3) is 0.526. The van der Waals surface area contributed by atoms with Gasteiger partial charge in [0.05, 0.1) is 14.2 Å². The molecule has 1 fully saturated rings. The molecule has 0 bridgehead atoms. The average molecular weight is 390 g/mol. The van der Waals surface area contributed by atoms with Crippen LogP contribution in [0.1, 0.15) is 20.8 Å². The summed E-state index contributed by atoms with van der Waals surface area (Å²) in [5, 5.41) is 4.07. The SMILES string of the molecule is COc1ccc(-c2noc(N3CCN(C(=O)OC(C)(C)C)CC3)n2)cc1OC. The van der Waals surface area contributed by atoms with Crippen LogP contribution >= 0.6 is 0 Å². The molecule has 9 heteroatoms. The number of anilines is 1. The third kappa shape index (κ3) is 4.47. The van der Waals surface area contributed by atoms with Gasteiger partial charge < -0.3 is 28.5 Å². The summed E-state index contributed by atoms with van der Waals surface area (Å²) >= 11 is 0. The van der Waals surface area contributed by atoms with Gasteiger partial charge >= 0.3 is 12.1 Å². The maximum absolute atomic E-state index is 12.2. The van der Waals surface area contributed by atoms with E-state index in [0.29, 0.717) is 49.5 Å². The van der Waals surface area contributed by atoms with Crippen LogP contribution in [0.5, 0.6) is 11.5 Å². The molecule has 0 aliphatic carbocycles. The molecular formula is C19H26N4O5. The molecule has 1 aromatic carbocycles. The zero-order chi connectivity index (χ0) is 20.3. The number of piperazine rings is 1. The topological polar surface area (TPSA) is 90.2 Å². The number of benzene rings is 1. The third-order valence-electron chi connectivity index (χ3n) is 4.26. The molecule has 1 aromatic heterocycles. The first-order valence-corrected chi connectivity index (χ1v) is 9.09. The van der Waals surface area contributed by atoms with Crippen molar-refractivity contribution < 1.29 is 23.5 Å². The van der Waals surface area contributed by atoms with Gasteiger partial charge in [-0.25, -0.2) is 4.79 Å². The standard InChI is InChI=1S/C19H26N4O5/c1-19(2,3)27-18(24)23-10-8-22(9-11-23)17-20-16(21-28-17)13-6-7-14(25-4)15(12-13)26-5/h6-7,12H,8-11H2,1-5H3. The number of carbonyl (C=O) groups excluding carboxylic acids is 1. The normalized spacial score (nSPS) is 14.8. The number of methoxy groups -OCH3 is 2. The van der Waals surface area contributed by atoms with Crippen molar-refractivity contribution in [2.45, 2.75) is 26.4 Å². The van der Waals surface area contributed by atoms with Gasteiger partial charge in [-0.2, -0.15) is 4.98 Å². The molecule has 0 N–H and O–H groups in total. The number of rotatable bonds is 4. The molecule has 0 radical (unpaired) electrons. The molecule has 28 heavy (non-hydrogen) atoms. The van der Waals surface area contributed by atoms with E-state index in [4.69, 9.17) is 18.7 Å². The zero-order valence-electron chi connectivity index (χ0n) is 16.9. The fourth-order valence-electron chi connectivity index (χ4n) is 2.84. The summed E-state index contributed by atoms with van der Waals surface area (Å²) in [6, 6.07) is 5.86. The number of carbonyl (C=O) groups is 1. The Balaban J connectivity index is 1.65. The molecule has 1 amide bonds. The summed E-state index contributed by atoms with van der Waals surface area (Å²) in [6.07, 6.45) is -0.302. The van der Waals surface area contributed by atoms with Gasteiger partial charge in [-0.15, -0.1) is 0 Å². The molecule has 1 aliphatic heterocycles. The Morgan fingerprint density at radius 2 is 1.75 bits per heavy atom. The molecule has 0 spiro atoms. The molecule has 0 unspecified atom stereocenters. The van der Waals surface area contributed by atoms with E-state index in [0.717, 1.165) is 5.56 Å². The smallest absolute Gasteiger partial charge is 0.410 e. The highest BCUT2D eigenvalue weighted by Gasteiger charge is 2.28. The Morgan fingerprint density at radius 1 is 1.07 bits per heavy atom. The van der Waals surface area contributed by atoms with Gasteiger partial charge in [-0.1, -0.05) is 5.16 Å². The molecule has 0 saturated carbocycles. The lowest BCUT2D eigenvalue weighted by Gasteiger charge is -2.34. The van der Waals surface area contributed by atoms with Crippen LogP contribution in [0.15, 0.2) is 22.7 Å². The number of hydrogen-bond acceptors (Lipinski definition) is 8. The minimum atomic E-state index is -0.505. The largest absolute Gasteiger partial charge is 0.493 e. The van der Waals surface area contributed by atoms with Crippen LogP contribution in [-0.4, -0.2) is 67.1 Å². The van der Waals surface area contributed by atoms with Gasteiger partial charge in [0.2, 0.25) is 5.82 Å². The summed E-state index contributed by atoms with van der Waals surface area (Å²) in [5.41, 5.74) is 0.259. The van der Waals surface area contributed by atoms with Crippen molar-refractivity contribution in [3.63, 3.8) is 0 Å². The molecule has 0 atom stereocenters. The van der Waals surface area contributed by atoms with Crippen LogP contribution in [-0.2, 0) is 4.74 Å². The van der Waals surface area contributed by atoms with Crippen LogP contribution < -0.4 is 14.4 Å². The third-order valence-corrected chi connectivity index (χ3v) is 4.26. The van der Waals surface area contributed by atoms with Crippen molar-refractivity contribution in [2.24, 2.45) is 0 Å². The van der Waals surface area contributed by atoms with Gasteiger partial charge in [-0.3, -0.25) is 0 Å². The Morgan fingerprint density at radius 3 is 2.36 bits per heavy atom. The van der Waals surface area contributed by atoms with E-state index in [9.17, 15) is 4.79 Å². The second-order valence-electron chi connectivity index (χ2n) is 7.42. The lowest BCUT2D eigenvalue weighted by Crippen LogP contribution is -2.50. The fourth-order valence-corrected chi connectivity index (χ4v) is 2.84. The van der Waals surface area contributed by atoms with Crippen molar-refractivity contribution in [3.8, 4) is 22.9 Å². The predicted molar refractivity (Wildman–Crippen MR) is 103 cm³/mol. The lowest BCUT2D eigenvalue weighted by atomic mass is 10.2. The Bertz CT molecular complexity index is 822. The molecule has 2 heterocycles. The highest BCUT2D eigenvalue weighted by Crippen LogP contribution is 2.31. The number of ether oxygens (including phenoxy) is 3. The van der Waals surface area contributed by atoms with Gasteiger partial charge in [-0.05, 0) is 39.0 Å². The van der Waals surface area contributed by atoms with E-state index >= 15 is 0 Å². The first kappa shape index (κ1) is 19.8. The first-order valence-electron chi connectivity index (χ1n) is 9.09. The lowest BCUT2D eigenvalue weighted by molar-refractivity contribution is 0.0238. The quantitative estimate of drug-likeness (QED) is 0.787. The summed E-state index contributed by atoms with van der Waals surface area (Å²) in [7, 11) is 3.16. The van der Waals surface area contributed by atoms with Crippen LogP contribution in [0.25, 0.3) is 11.4 Å². The molecule has 152 valence electrons. The Hall–Kier alpha value is -2.97. The van der Waals surface area contributed by atoms with E-state index in [1.54, 1.807) is 31.3 Å². The summed E-state index contributed by atoms with van der Waals surface area (Å²) in [6.45, 7) is 7.81. The van der Waals surface area contributed by atoms with Gasteiger partial charge in [0, 0.05) is 31.7 Å². The van der Waals surface area contributed by atoms with Crippen LogP contribution in [0.3, 0.4) is 0 Å². The van der Waals surface area contributed by atoms with Crippen molar-refractivity contribution in [3.05, 3.63) is 18.2 Å². The summed E-state index contributed by atoms with van der Waals surface area (Å²) in [4.78, 5) is 20.3. The molecule has 1 aliphatic rings. The molecule has 3 rings (SSSR count). The van der Waals surface area contributed by atoms with Gasteiger partial charge in [0.25, 0.3) is 0 Å². The number of hydrogen-bond donors (Lipinski definition) is 0. The van der Waals surface area contributed by atoms with Gasteiger partial charge in [0.15, 0.2) is 11.5 Å². The minimum Gasteiger partial charge on any atom is -0.493 e. The van der Waals surface area contributed by atoms with Crippen LogP contribution in [0.4, 0.5) is 10.8 Å². The first-order chi connectivity index (χ1) is 13.3. The van der Waals surface area contributed by atoms with E-state index in [1.807, 2.05) is 31.7 Å². The van der Waals surface area contributed by atoms with Crippen LogP contribution in [0, 0.1) is 0 Å². The summed E-state index contributed by atoms with van der Waals surface area (Å²) in [5.74, 6) is 1.69. The Kier molecular flexibility index (Phi) is 5.62. The minimum absolute atomic E-state index is 0.302. The number of nitrogens with zero attached hydrogens (tertiary/aromatic N) is 4. The molecule has 1 saturated heterocycles. The van der Waals surface area contributed by atoms with Crippen molar-refractivity contribution in [1.29, 1.82) is 0 Å².